The number of hydrogen-bond acceptors (Lipinski definition) is 2. The van der Waals surface area contributed by atoms with Crippen LogP contribution in [0.2, 0.25) is 0 Å². The monoisotopic (exact) mass is 277 g/mol. The van der Waals surface area contributed by atoms with Gasteiger partial charge in [-0.2, -0.15) is 0 Å². The largest absolute Gasteiger partial charge is 0.494 e. The van der Waals surface area contributed by atoms with Gasteiger partial charge in [-0.1, -0.05) is 6.07 Å². The van der Waals surface area contributed by atoms with Crippen LogP contribution in [0.15, 0.2) is 36.4 Å². The second kappa shape index (κ2) is 5.69. The summed E-state index contributed by atoms with van der Waals surface area (Å²) in [6, 6.07) is 8.20. The number of nitrogens with one attached hydrogen (secondary N) is 1. The molecule has 0 heterocycles. The summed E-state index contributed by atoms with van der Waals surface area (Å²) in [5.74, 6) is -1.73. The summed E-state index contributed by atoms with van der Waals surface area (Å²) in [6.07, 6.45) is 0. The molecule has 0 saturated heterocycles. The van der Waals surface area contributed by atoms with E-state index in [0.29, 0.717) is 5.69 Å². The van der Waals surface area contributed by atoms with Crippen LogP contribution < -0.4 is 10.1 Å². The van der Waals surface area contributed by atoms with Crippen molar-refractivity contribution < 1.29 is 18.3 Å². The normalized spacial score (nSPS) is 10.2. The topological polar surface area (TPSA) is 38.3 Å². The van der Waals surface area contributed by atoms with E-state index in [9.17, 15) is 13.6 Å². The van der Waals surface area contributed by atoms with Crippen LogP contribution in [0.5, 0.6) is 5.75 Å². The summed E-state index contributed by atoms with van der Waals surface area (Å²) < 4.78 is 31.7. The lowest BCUT2D eigenvalue weighted by Crippen LogP contribution is -2.14. The maximum atomic E-state index is 13.7. The van der Waals surface area contributed by atoms with Crippen molar-refractivity contribution in [2.24, 2.45) is 0 Å². The molecule has 1 amide bonds. The van der Waals surface area contributed by atoms with Crippen LogP contribution >= 0.6 is 0 Å². The van der Waals surface area contributed by atoms with Crippen LogP contribution in [0.4, 0.5) is 14.5 Å². The summed E-state index contributed by atoms with van der Waals surface area (Å²) in [7, 11) is 1.32. The average molecular weight is 277 g/mol. The van der Waals surface area contributed by atoms with E-state index in [0.717, 1.165) is 5.56 Å². The third-order valence-electron chi connectivity index (χ3n) is 2.78. The molecule has 2 aromatic rings. The Kier molecular flexibility index (Phi) is 3.98. The van der Waals surface area contributed by atoms with Crippen molar-refractivity contribution >= 4 is 11.6 Å². The van der Waals surface area contributed by atoms with Crippen LogP contribution in [0.1, 0.15) is 15.9 Å². The van der Waals surface area contributed by atoms with Crippen LogP contribution in [-0.2, 0) is 0 Å². The Bertz CT molecular complexity index is 656. The molecule has 0 aliphatic heterocycles. The van der Waals surface area contributed by atoms with E-state index in [2.05, 4.69) is 5.32 Å². The van der Waals surface area contributed by atoms with Gasteiger partial charge < -0.3 is 10.1 Å². The van der Waals surface area contributed by atoms with Crippen molar-refractivity contribution in [1.82, 2.24) is 0 Å². The molecule has 104 valence electrons. The lowest BCUT2D eigenvalue weighted by atomic mass is 10.1. The van der Waals surface area contributed by atoms with Crippen molar-refractivity contribution in [2.75, 3.05) is 12.4 Å². The Labute approximate surface area is 115 Å². The van der Waals surface area contributed by atoms with Crippen LogP contribution in [0.3, 0.4) is 0 Å². The molecular weight excluding hydrogens is 264 g/mol. The number of aryl methyl sites for hydroxylation is 1. The fourth-order valence-corrected chi connectivity index (χ4v) is 1.74. The van der Waals surface area contributed by atoms with Crippen LogP contribution in [-0.4, -0.2) is 13.0 Å². The van der Waals surface area contributed by atoms with Crippen molar-refractivity contribution in [2.45, 2.75) is 6.92 Å². The Balaban J connectivity index is 2.23. The zero-order valence-corrected chi connectivity index (χ0v) is 11.0. The third-order valence-corrected chi connectivity index (χ3v) is 2.78. The number of carbonyl (C=O) groups excluding carboxylic acids is 1. The number of hydrogen-bond donors (Lipinski definition) is 1. The van der Waals surface area contributed by atoms with Gasteiger partial charge in [0.2, 0.25) is 0 Å². The number of amides is 1. The van der Waals surface area contributed by atoms with E-state index < -0.39 is 17.5 Å². The molecule has 0 aromatic heterocycles. The minimum atomic E-state index is -0.601. The Morgan fingerprint density at radius 2 is 1.85 bits per heavy atom. The summed E-state index contributed by atoms with van der Waals surface area (Å²) in [6.45, 7) is 1.73. The van der Waals surface area contributed by atoms with Crippen LogP contribution in [0, 0.1) is 18.6 Å². The number of ether oxygens (including phenoxy) is 1. The van der Waals surface area contributed by atoms with E-state index >= 15 is 0 Å². The maximum Gasteiger partial charge on any atom is 0.258 e. The molecule has 0 radical (unpaired) electrons. The van der Waals surface area contributed by atoms with E-state index in [1.54, 1.807) is 13.0 Å². The molecule has 0 aliphatic rings. The van der Waals surface area contributed by atoms with Crippen molar-refractivity contribution in [1.29, 1.82) is 0 Å². The highest BCUT2D eigenvalue weighted by atomic mass is 19.1. The first-order valence-electron chi connectivity index (χ1n) is 5.92. The predicted molar refractivity (Wildman–Crippen MR) is 72.0 cm³/mol. The molecule has 0 bridgehead atoms. The maximum absolute atomic E-state index is 13.7. The molecule has 0 aliphatic carbocycles. The molecule has 0 atom stereocenters. The SMILES string of the molecule is COc1cc(NC(=O)c2ccc(C)cc2F)ccc1F. The van der Waals surface area contributed by atoms with Gasteiger partial charge in [-0.15, -0.1) is 0 Å². The molecule has 2 aromatic carbocycles. The van der Waals surface area contributed by atoms with E-state index in [4.69, 9.17) is 4.74 Å². The zero-order valence-electron chi connectivity index (χ0n) is 11.0. The third kappa shape index (κ3) is 2.93. The van der Waals surface area contributed by atoms with Gasteiger partial charge in [0, 0.05) is 11.8 Å². The quantitative estimate of drug-likeness (QED) is 0.932. The van der Waals surface area contributed by atoms with Gasteiger partial charge in [-0.3, -0.25) is 4.79 Å². The van der Waals surface area contributed by atoms with Gasteiger partial charge >= 0.3 is 0 Å². The first kappa shape index (κ1) is 14.0. The molecule has 0 saturated carbocycles. The summed E-state index contributed by atoms with van der Waals surface area (Å²) >= 11 is 0. The number of halogens is 2. The average Bonchev–Trinajstić information content (AvgIpc) is 2.40. The molecule has 5 heteroatoms. The highest BCUT2D eigenvalue weighted by molar-refractivity contribution is 6.04. The molecule has 2 rings (SSSR count). The van der Waals surface area contributed by atoms with Crippen molar-refractivity contribution in [3.05, 3.63) is 59.2 Å². The van der Waals surface area contributed by atoms with E-state index in [1.165, 1.54) is 37.4 Å². The second-order valence-electron chi connectivity index (χ2n) is 4.29. The number of anilines is 1. The van der Waals surface area contributed by atoms with Gasteiger partial charge in [-0.25, -0.2) is 8.78 Å². The fraction of sp³-hybridized carbons (Fsp3) is 0.133. The molecule has 1 N–H and O–H groups in total. The molecular formula is C15H13F2NO2. The van der Waals surface area contributed by atoms with Gasteiger partial charge in [-0.05, 0) is 36.8 Å². The molecule has 0 fully saturated rings. The highest BCUT2D eigenvalue weighted by Crippen LogP contribution is 2.22. The standard InChI is InChI=1S/C15H13F2NO2/c1-9-3-5-11(13(17)7-9)15(19)18-10-4-6-12(16)14(8-10)20-2/h3-8H,1-2H3,(H,18,19). The van der Waals surface area contributed by atoms with Crippen LogP contribution in [0.25, 0.3) is 0 Å². The summed E-state index contributed by atoms with van der Waals surface area (Å²) in [5, 5.41) is 2.49. The first-order chi connectivity index (χ1) is 9.51. The first-order valence-corrected chi connectivity index (χ1v) is 5.92. The zero-order chi connectivity index (χ0) is 14.7. The minimum Gasteiger partial charge on any atom is -0.494 e. The number of carbonyl (C=O) groups is 1. The summed E-state index contributed by atoms with van der Waals surface area (Å²) in [5.41, 5.74) is 0.981. The molecule has 0 spiro atoms. The van der Waals surface area contributed by atoms with Crippen molar-refractivity contribution in [3.63, 3.8) is 0 Å². The Morgan fingerprint density at radius 3 is 2.50 bits per heavy atom. The number of benzene rings is 2. The van der Waals surface area contributed by atoms with E-state index in [1.807, 2.05) is 0 Å². The smallest absolute Gasteiger partial charge is 0.258 e. The van der Waals surface area contributed by atoms with Gasteiger partial charge in [0.25, 0.3) is 5.91 Å². The summed E-state index contributed by atoms with van der Waals surface area (Å²) in [4.78, 5) is 11.9. The van der Waals surface area contributed by atoms with Gasteiger partial charge in [0.1, 0.15) is 5.82 Å². The van der Waals surface area contributed by atoms with Gasteiger partial charge in [0.05, 0.1) is 12.7 Å². The highest BCUT2D eigenvalue weighted by Gasteiger charge is 2.13. The lowest BCUT2D eigenvalue weighted by molar-refractivity contribution is 0.102. The van der Waals surface area contributed by atoms with Crippen molar-refractivity contribution in [3.8, 4) is 5.75 Å². The van der Waals surface area contributed by atoms with E-state index in [-0.39, 0.29) is 11.3 Å². The molecule has 0 unspecified atom stereocenters. The molecule has 3 nitrogen and oxygen atoms in total. The number of methoxy groups -OCH3 is 1. The lowest BCUT2D eigenvalue weighted by Gasteiger charge is -2.08. The molecule has 20 heavy (non-hydrogen) atoms. The number of rotatable bonds is 3. The predicted octanol–water partition coefficient (Wildman–Crippen LogP) is 3.53. The van der Waals surface area contributed by atoms with Gasteiger partial charge in [0.15, 0.2) is 11.6 Å². The Morgan fingerprint density at radius 1 is 1.10 bits per heavy atom. The Hall–Kier alpha value is -2.43. The fourth-order valence-electron chi connectivity index (χ4n) is 1.74. The second-order valence-corrected chi connectivity index (χ2v) is 4.29. The minimum absolute atomic E-state index is 0.00665.